The first-order valence-corrected chi connectivity index (χ1v) is 5.62. The molecule has 0 aromatic carbocycles. The molecule has 0 spiro atoms. The molecule has 0 heterocycles. The molecule has 0 fully saturated rings. The lowest BCUT2D eigenvalue weighted by atomic mass is 10.1. The molecule has 1 atom stereocenters. The minimum Gasteiger partial charge on any atom is -0.402 e. The van der Waals surface area contributed by atoms with Crippen molar-refractivity contribution in [3.63, 3.8) is 0 Å². The average molecular weight is 256 g/mol. The smallest absolute Gasteiger partial charge is 0.167 e. The summed E-state index contributed by atoms with van der Waals surface area (Å²) >= 11 is 0. The van der Waals surface area contributed by atoms with E-state index in [0.29, 0.717) is 30.5 Å². The van der Waals surface area contributed by atoms with Crippen molar-refractivity contribution in [1.82, 2.24) is 5.32 Å². The minimum absolute atomic E-state index is 0.0326. The van der Waals surface area contributed by atoms with Gasteiger partial charge >= 0.3 is 0 Å². The van der Waals surface area contributed by atoms with Gasteiger partial charge in [0.15, 0.2) is 6.29 Å². The van der Waals surface area contributed by atoms with Gasteiger partial charge in [-0.1, -0.05) is 0 Å². The van der Waals surface area contributed by atoms with Gasteiger partial charge in [-0.05, 0) is 31.9 Å². The molecule has 0 bridgehead atoms. The molecule has 0 amide bonds. The zero-order chi connectivity index (χ0) is 14.0. The molecule has 0 radical (unpaired) electrons. The predicted octanol–water partition coefficient (Wildman–Crippen LogP) is 0.398. The standard InChI is InChI=1S/C12H21FN4O/c1-9(14)2-4-11(15)5-3-10(13)6-17-7-12(16)8-18/h2,4,7-8,10,17H,3,5-6,14-16H2,1H3/b9-2-,11-4-,12-7-. The molecular formula is C12H21FN4O. The van der Waals surface area contributed by atoms with Gasteiger partial charge in [0.05, 0.1) is 5.70 Å². The molecule has 1 unspecified atom stereocenters. The molecule has 5 nitrogen and oxygen atoms in total. The fourth-order valence-corrected chi connectivity index (χ4v) is 1.09. The second kappa shape index (κ2) is 9.09. The Labute approximate surface area is 107 Å². The third kappa shape index (κ3) is 9.26. The van der Waals surface area contributed by atoms with Crippen molar-refractivity contribution >= 4 is 6.29 Å². The summed E-state index contributed by atoms with van der Waals surface area (Å²) in [5.74, 6) is 0. The normalized spacial score (nSPS) is 15.3. The molecule has 0 aliphatic carbocycles. The highest BCUT2D eigenvalue weighted by Crippen LogP contribution is 2.06. The largest absolute Gasteiger partial charge is 0.402 e. The Morgan fingerprint density at radius 1 is 1.33 bits per heavy atom. The molecule has 102 valence electrons. The van der Waals surface area contributed by atoms with E-state index in [-0.39, 0.29) is 12.2 Å². The first-order chi connectivity index (χ1) is 8.45. The van der Waals surface area contributed by atoms with E-state index in [0.717, 1.165) is 0 Å². The summed E-state index contributed by atoms with van der Waals surface area (Å²) in [4.78, 5) is 10.2. The molecular weight excluding hydrogens is 235 g/mol. The number of allylic oxidation sites excluding steroid dienone is 5. The van der Waals surface area contributed by atoms with Gasteiger partial charge in [0.2, 0.25) is 0 Å². The number of alkyl halides is 1. The van der Waals surface area contributed by atoms with Crippen LogP contribution in [-0.2, 0) is 4.79 Å². The number of hydrogen-bond donors (Lipinski definition) is 4. The van der Waals surface area contributed by atoms with Gasteiger partial charge in [0, 0.05) is 24.1 Å². The Morgan fingerprint density at radius 2 is 2.00 bits per heavy atom. The van der Waals surface area contributed by atoms with Crippen LogP contribution in [0.5, 0.6) is 0 Å². The van der Waals surface area contributed by atoms with Crippen molar-refractivity contribution in [1.29, 1.82) is 0 Å². The quantitative estimate of drug-likeness (QED) is 0.286. The molecule has 0 aromatic rings. The topological polar surface area (TPSA) is 107 Å². The summed E-state index contributed by atoms with van der Waals surface area (Å²) < 4.78 is 13.4. The number of halogens is 1. The summed E-state index contributed by atoms with van der Waals surface area (Å²) in [6.07, 6.45) is 4.78. The van der Waals surface area contributed by atoms with Crippen molar-refractivity contribution < 1.29 is 9.18 Å². The minimum atomic E-state index is -1.06. The lowest BCUT2D eigenvalue weighted by molar-refractivity contribution is -0.105. The molecule has 18 heavy (non-hydrogen) atoms. The Morgan fingerprint density at radius 3 is 2.56 bits per heavy atom. The maximum atomic E-state index is 13.4. The van der Waals surface area contributed by atoms with E-state index in [4.69, 9.17) is 17.2 Å². The monoisotopic (exact) mass is 256 g/mol. The number of rotatable bonds is 8. The van der Waals surface area contributed by atoms with Gasteiger partial charge in [-0.3, -0.25) is 4.79 Å². The maximum absolute atomic E-state index is 13.4. The fraction of sp³-hybridized carbons (Fsp3) is 0.417. The number of carbonyl (C=O) groups excluding carboxylic acids is 1. The molecule has 0 saturated heterocycles. The lowest BCUT2D eigenvalue weighted by Crippen LogP contribution is -2.21. The fourth-order valence-electron chi connectivity index (χ4n) is 1.09. The Bertz CT molecular complexity index is 346. The van der Waals surface area contributed by atoms with E-state index in [1.54, 1.807) is 19.1 Å². The van der Waals surface area contributed by atoms with E-state index < -0.39 is 6.17 Å². The number of aldehydes is 1. The van der Waals surface area contributed by atoms with Crippen LogP contribution in [0, 0.1) is 0 Å². The zero-order valence-electron chi connectivity index (χ0n) is 10.5. The van der Waals surface area contributed by atoms with Crippen LogP contribution < -0.4 is 22.5 Å². The highest BCUT2D eigenvalue weighted by molar-refractivity contribution is 5.71. The van der Waals surface area contributed by atoms with Crippen molar-refractivity contribution in [2.75, 3.05) is 6.54 Å². The van der Waals surface area contributed by atoms with Crippen LogP contribution in [0.4, 0.5) is 4.39 Å². The number of hydrogen-bond acceptors (Lipinski definition) is 5. The van der Waals surface area contributed by atoms with E-state index in [1.165, 1.54) is 6.20 Å². The number of nitrogens with one attached hydrogen (secondary N) is 1. The van der Waals surface area contributed by atoms with Crippen LogP contribution in [0.2, 0.25) is 0 Å². The summed E-state index contributed by atoms with van der Waals surface area (Å²) in [5.41, 5.74) is 17.6. The van der Waals surface area contributed by atoms with Crippen LogP contribution >= 0.6 is 0 Å². The van der Waals surface area contributed by atoms with Crippen LogP contribution in [-0.4, -0.2) is 19.0 Å². The third-order valence-electron chi connectivity index (χ3n) is 2.05. The summed E-state index contributed by atoms with van der Waals surface area (Å²) in [6.45, 7) is 1.84. The molecule has 0 aliphatic heterocycles. The molecule has 7 N–H and O–H groups in total. The number of nitrogens with two attached hydrogens (primary N) is 3. The molecule has 6 heteroatoms. The summed E-state index contributed by atoms with van der Waals surface area (Å²) in [7, 11) is 0. The SMILES string of the molecule is C/C(N)=C/C=C(\N)CCC(F)CN/C=C(\N)C=O. The van der Waals surface area contributed by atoms with Crippen molar-refractivity contribution in [2.45, 2.75) is 25.9 Å². The molecule has 0 saturated carbocycles. The highest BCUT2D eigenvalue weighted by atomic mass is 19.1. The van der Waals surface area contributed by atoms with Gasteiger partial charge in [-0.15, -0.1) is 0 Å². The van der Waals surface area contributed by atoms with Gasteiger partial charge in [-0.2, -0.15) is 0 Å². The molecule has 0 aliphatic rings. The Balaban J connectivity index is 3.90. The maximum Gasteiger partial charge on any atom is 0.167 e. The lowest BCUT2D eigenvalue weighted by Gasteiger charge is -2.08. The zero-order valence-corrected chi connectivity index (χ0v) is 10.5. The van der Waals surface area contributed by atoms with E-state index in [2.05, 4.69) is 5.32 Å². The molecule has 0 aromatic heterocycles. The Kier molecular flexibility index (Phi) is 8.09. The van der Waals surface area contributed by atoms with E-state index in [9.17, 15) is 9.18 Å². The van der Waals surface area contributed by atoms with E-state index >= 15 is 0 Å². The van der Waals surface area contributed by atoms with Crippen LogP contribution in [0.1, 0.15) is 19.8 Å². The van der Waals surface area contributed by atoms with Gasteiger partial charge in [0.25, 0.3) is 0 Å². The van der Waals surface area contributed by atoms with Gasteiger partial charge in [-0.25, -0.2) is 4.39 Å². The van der Waals surface area contributed by atoms with Gasteiger partial charge < -0.3 is 22.5 Å². The third-order valence-corrected chi connectivity index (χ3v) is 2.05. The average Bonchev–Trinajstić information content (AvgIpc) is 2.33. The summed E-state index contributed by atoms with van der Waals surface area (Å²) in [6, 6.07) is 0. The second-order valence-corrected chi connectivity index (χ2v) is 3.96. The summed E-state index contributed by atoms with van der Waals surface area (Å²) in [5, 5.41) is 2.62. The van der Waals surface area contributed by atoms with Gasteiger partial charge in [0.1, 0.15) is 6.17 Å². The molecule has 0 rings (SSSR count). The first-order valence-electron chi connectivity index (χ1n) is 5.62. The van der Waals surface area contributed by atoms with Crippen molar-refractivity contribution in [3.05, 3.63) is 35.4 Å². The van der Waals surface area contributed by atoms with Crippen molar-refractivity contribution in [3.8, 4) is 0 Å². The van der Waals surface area contributed by atoms with Crippen LogP contribution in [0.15, 0.2) is 35.4 Å². The number of carbonyl (C=O) groups is 1. The first kappa shape index (κ1) is 16.0. The van der Waals surface area contributed by atoms with Crippen LogP contribution in [0.25, 0.3) is 0 Å². The predicted molar refractivity (Wildman–Crippen MR) is 70.7 cm³/mol. The highest BCUT2D eigenvalue weighted by Gasteiger charge is 2.05. The van der Waals surface area contributed by atoms with Crippen LogP contribution in [0.3, 0.4) is 0 Å². The Hall–Kier alpha value is -1.98. The van der Waals surface area contributed by atoms with E-state index in [1.807, 2.05) is 0 Å². The van der Waals surface area contributed by atoms with Crippen molar-refractivity contribution in [2.24, 2.45) is 17.2 Å². The second-order valence-electron chi connectivity index (χ2n) is 3.96.